The smallest absolute Gasteiger partial charge is 0.146 e. The molecule has 0 spiro atoms. The molecule has 0 amide bonds. The molecule has 13 heavy (non-hydrogen) atoms. The summed E-state index contributed by atoms with van der Waals surface area (Å²) in [6.45, 7) is 4.58. The molecule has 0 unspecified atom stereocenters. The SMILES string of the molecule is CCNCCNc1ccccc1F. The maximum Gasteiger partial charge on any atom is 0.146 e. The topological polar surface area (TPSA) is 24.1 Å². The minimum absolute atomic E-state index is 0.195. The lowest BCUT2D eigenvalue weighted by Gasteiger charge is -2.06. The van der Waals surface area contributed by atoms with Crippen LogP contribution in [0.4, 0.5) is 10.1 Å². The van der Waals surface area contributed by atoms with Gasteiger partial charge in [0.25, 0.3) is 0 Å². The molecule has 2 N–H and O–H groups in total. The Hall–Kier alpha value is -1.09. The summed E-state index contributed by atoms with van der Waals surface area (Å²) >= 11 is 0. The normalized spacial score (nSPS) is 10.0. The fourth-order valence-corrected chi connectivity index (χ4v) is 1.07. The molecule has 0 saturated heterocycles. The van der Waals surface area contributed by atoms with E-state index < -0.39 is 0 Å². The third kappa shape index (κ3) is 3.42. The van der Waals surface area contributed by atoms with Gasteiger partial charge in [-0.3, -0.25) is 0 Å². The van der Waals surface area contributed by atoms with E-state index in [1.54, 1.807) is 12.1 Å². The van der Waals surface area contributed by atoms with Gasteiger partial charge in [0.1, 0.15) is 5.82 Å². The molecule has 0 aliphatic heterocycles. The van der Waals surface area contributed by atoms with Crippen LogP contribution in [0.2, 0.25) is 0 Å². The van der Waals surface area contributed by atoms with E-state index >= 15 is 0 Å². The highest BCUT2D eigenvalue weighted by Gasteiger charge is 1.97. The largest absolute Gasteiger partial charge is 0.381 e. The molecular formula is C10H15FN2. The van der Waals surface area contributed by atoms with Crippen molar-refractivity contribution in [2.45, 2.75) is 6.92 Å². The van der Waals surface area contributed by atoms with E-state index in [4.69, 9.17) is 0 Å². The average molecular weight is 182 g/mol. The van der Waals surface area contributed by atoms with Crippen molar-refractivity contribution in [1.82, 2.24) is 5.32 Å². The zero-order valence-electron chi connectivity index (χ0n) is 7.81. The fraction of sp³-hybridized carbons (Fsp3) is 0.400. The van der Waals surface area contributed by atoms with Crippen molar-refractivity contribution in [2.24, 2.45) is 0 Å². The van der Waals surface area contributed by atoms with E-state index in [1.165, 1.54) is 6.07 Å². The van der Waals surface area contributed by atoms with Crippen LogP contribution in [0.5, 0.6) is 0 Å². The van der Waals surface area contributed by atoms with Crippen molar-refractivity contribution in [3.05, 3.63) is 30.1 Å². The first-order valence-corrected chi connectivity index (χ1v) is 4.53. The molecule has 0 bridgehead atoms. The molecule has 0 atom stereocenters. The van der Waals surface area contributed by atoms with E-state index in [0.29, 0.717) is 5.69 Å². The highest BCUT2D eigenvalue weighted by molar-refractivity contribution is 5.44. The van der Waals surface area contributed by atoms with Crippen LogP contribution in [0.1, 0.15) is 6.92 Å². The van der Waals surface area contributed by atoms with Gasteiger partial charge < -0.3 is 10.6 Å². The first-order chi connectivity index (χ1) is 6.34. The van der Waals surface area contributed by atoms with Crippen molar-refractivity contribution in [3.63, 3.8) is 0 Å². The highest BCUT2D eigenvalue weighted by atomic mass is 19.1. The van der Waals surface area contributed by atoms with Crippen LogP contribution < -0.4 is 10.6 Å². The van der Waals surface area contributed by atoms with Crippen molar-refractivity contribution >= 4 is 5.69 Å². The van der Waals surface area contributed by atoms with E-state index in [9.17, 15) is 4.39 Å². The zero-order valence-corrected chi connectivity index (χ0v) is 7.81. The van der Waals surface area contributed by atoms with Crippen molar-refractivity contribution in [3.8, 4) is 0 Å². The quantitative estimate of drug-likeness (QED) is 0.679. The second kappa shape index (κ2) is 5.54. The van der Waals surface area contributed by atoms with Crippen LogP contribution in [0.15, 0.2) is 24.3 Å². The molecule has 0 fully saturated rings. The van der Waals surface area contributed by atoms with Crippen molar-refractivity contribution in [2.75, 3.05) is 25.0 Å². The molecule has 0 heterocycles. The molecule has 1 aromatic carbocycles. The minimum atomic E-state index is -0.195. The van der Waals surface area contributed by atoms with E-state index in [0.717, 1.165) is 19.6 Å². The Kier molecular flexibility index (Phi) is 4.26. The summed E-state index contributed by atoms with van der Waals surface area (Å²) in [6, 6.07) is 6.69. The number of likely N-dealkylation sites (N-methyl/N-ethyl adjacent to an activating group) is 1. The van der Waals surface area contributed by atoms with Crippen LogP contribution in [0, 0.1) is 5.82 Å². The summed E-state index contributed by atoms with van der Waals surface area (Å²) < 4.78 is 13.0. The van der Waals surface area contributed by atoms with Gasteiger partial charge >= 0.3 is 0 Å². The van der Waals surface area contributed by atoms with Gasteiger partial charge in [0.15, 0.2) is 0 Å². The van der Waals surface area contributed by atoms with Crippen LogP contribution in [0.25, 0.3) is 0 Å². The summed E-state index contributed by atoms with van der Waals surface area (Å²) in [5.41, 5.74) is 0.570. The van der Waals surface area contributed by atoms with Gasteiger partial charge in [-0.1, -0.05) is 19.1 Å². The molecule has 0 aromatic heterocycles. The zero-order chi connectivity index (χ0) is 9.52. The average Bonchev–Trinajstić information content (AvgIpc) is 2.15. The van der Waals surface area contributed by atoms with Gasteiger partial charge in [0, 0.05) is 13.1 Å². The molecule has 1 aromatic rings. The van der Waals surface area contributed by atoms with Gasteiger partial charge in [-0.05, 0) is 18.7 Å². The summed E-state index contributed by atoms with van der Waals surface area (Å²) in [5.74, 6) is -0.195. The molecule has 0 saturated carbocycles. The molecule has 3 heteroatoms. The predicted molar refractivity (Wildman–Crippen MR) is 53.4 cm³/mol. The van der Waals surface area contributed by atoms with E-state index in [1.807, 2.05) is 13.0 Å². The molecule has 0 aliphatic rings. The Morgan fingerprint density at radius 1 is 1.23 bits per heavy atom. The number of hydrogen-bond donors (Lipinski definition) is 2. The summed E-state index contributed by atoms with van der Waals surface area (Å²) in [5, 5.41) is 6.16. The van der Waals surface area contributed by atoms with E-state index in [2.05, 4.69) is 10.6 Å². The second-order valence-electron chi connectivity index (χ2n) is 2.76. The lowest BCUT2D eigenvalue weighted by Crippen LogP contribution is -2.21. The summed E-state index contributed by atoms with van der Waals surface area (Å²) in [4.78, 5) is 0. The number of halogens is 1. The molecule has 0 aliphatic carbocycles. The molecule has 0 radical (unpaired) electrons. The maximum atomic E-state index is 13.0. The van der Waals surface area contributed by atoms with Crippen LogP contribution in [-0.2, 0) is 0 Å². The summed E-state index contributed by atoms with van der Waals surface area (Å²) in [6.07, 6.45) is 0. The molecule has 72 valence electrons. The predicted octanol–water partition coefficient (Wildman–Crippen LogP) is 1.85. The fourth-order valence-electron chi connectivity index (χ4n) is 1.07. The lowest BCUT2D eigenvalue weighted by atomic mass is 10.3. The molecule has 2 nitrogen and oxygen atoms in total. The first-order valence-electron chi connectivity index (χ1n) is 4.53. The molecular weight excluding hydrogens is 167 g/mol. The number of anilines is 1. The van der Waals surface area contributed by atoms with Crippen molar-refractivity contribution < 1.29 is 4.39 Å². The number of rotatable bonds is 5. The second-order valence-corrected chi connectivity index (χ2v) is 2.76. The number of benzene rings is 1. The Labute approximate surface area is 78.2 Å². The van der Waals surface area contributed by atoms with Crippen LogP contribution in [0.3, 0.4) is 0 Å². The molecule has 1 rings (SSSR count). The lowest BCUT2D eigenvalue weighted by molar-refractivity contribution is 0.629. The Morgan fingerprint density at radius 2 is 2.00 bits per heavy atom. The summed E-state index contributed by atoms with van der Waals surface area (Å²) in [7, 11) is 0. The van der Waals surface area contributed by atoms with Gasteiger partial charge in [0.05, 0.1) is 5.69 Å². The third-order valence-electron chi connectivity index (χ3n) is 1.74. The Balaban J connectivity index is 2.32. The Bertz CT molecular complexity index is 250. The van der Waals surface area contributed by atoms with E-state index in [-0.39, 0.29) is 5.82 Å². The number of nitrogens with one attached hydrogen (secondary N) is 2. The van der Waals surface area contributed by atoms with Gasteiger partial charge in [-0.15, -0.1) is 0 Å². The minimum Gasteiger partial charge on any atom is -0.381 e. The highest BCUT2D eigenvalue weighted by Crippen LogP contribution is 2.11. The van der Waals surface area contributed by atoms with Crippen LogP contribution >= 0.6 is 0 Å². The monoisotopic (exact) mass is 182 g/mol. The van der Waals surface area contributed by atoms with Gasteiger partial charge in [-0.2, -0.15) is 0 Å². The third-order valence-corrected chi connectivity index (χ3v) is 1.74. The van der Waals surface area contributed by atoms with Gasteiger partial charge in [0.2, 0.25) is 0 Å². The number of hydrogen-bond acceptors (Lipinski definition) is 2. The maximum absolute atomic E-state index is 13.0. The van der Waals surface area contributed by atoms with Crippen molar-refractivity contribution in [1.29, 1.82) is 0 Å². The first kappa shape index (κ1) is 9.99. The Morgan fingerprint density at radius 3 is 2.69 bits per heavy atom. The number of para-hydroxylation sites is 1. The standard InChI is InChI=1S/C10H15FN2/c1-2-12-7-8-13-10-6-4-3-5-9(10)11/h3-6,12-13H,2,7-8H2,1H3. The van der Waals surface area contributed by atoms with Gasteiger partial charge in [-0.25, -0.2) is 4.39 Å². The van der Waals surface area contributed by atoms with Crippen LogP contribution in [-0.4, -0.2) is 19.6 Å².